The smallest absolute Gasteiger partial charge is 0.270 e. The number of pyridine rings is 1. The minimum atomic E-state index is -0.0914. The van der Waals surface area contributed by atoms with Crippen molar-refractivity contribution in [1.29, 1.82) is 5.26 Å². The molecule has 2 fully saturated rings. The van der Waals surface area contributed by atoms with E-state index < -0.39 is 0 Å². The maximum Gasteiger partial charge on any atom is 0.270 e. The van der Waals surface area contributed by atoms with Gasteiger partial charge in [-0.2, -0.15) is 10.4 Å². The minimum Gasteiger partial charge on any atom is -0.347 e. The lowest BCUT2D eigenvalue weighted by Gasteiger charge is -2.34. The van der Waals surface area contributed by atoms with Gasteiger partial charge in [0.15, 0.2) is 0 Å². The fourth-order valence-electron chi connectivity index (χ4n) is 6.60. The Bertz CT molecular complexity index is 1260. The summed E-state index contributed by atoms with van der Waals surface area (Å²) in [4.78, 5) is 19.9. The SMILES string of the molecule is CN1CC[C@@H](NC(=O)c2ccc3c(n2)CCC2C3=NN(c3ccc(C#N)c(Cl)c3)C2C2CCCC2)C1. The number of nitrogens with zero attached hydrogens (tertiary/aromatic N) is 5. The van der Waals surface area contributed by atoms with E-state index in [-0.39, 0.29) is 18.0 Å². The van der Waals surface area contributed by atoms with Gasteiger partial charge in [-0.3, -0.25) is 9.80 Å². The number of nitrogens with one attached hydrogen (secondary N) is 1. The van der Waals surface area contributed by atoms with Crippen LogP contribution in [0.4, 0.5) is 5.69 Å². The second-order valence-electron chi connectivity index (χ2n) is 10.7. The van der Waals surface area contributed by atoms with Gasteiger partial charge in [-0.15, -0.1) is 0 Å². The summed E-state index contributed by atoms with van der Waals surface area (Å²) in [5, 5.41) is 20.3. The topological polar surface area (TPSA) is 84.6 Å². The Balaban J connectivity index is 1.31. The van der Waals surface area contributed by atoms with Gasteiger partial charge in [0.25, 0.3) is 5.91 Å². The molecule has 2 aliphatic heterocycles. The van der Waals surface area contributed by atoms with E-state index in [4.69, 9.17) is 21.7 Å². The normalized spacial score (nSPS) is 25.9. The number of likely N-dealkylation sites (N-methyl/N-ethyl adjacent to an activating group) is 1. The number of anilines is 1. The first-order valence-corrected chi connectivity index (χ1v) is 13.5. The van der Waals surface area contributed by atoms with Crippen LogP contribution in [0.15, 0.2) is 35.4 Å². The van der Waals surface area contributed by atoms with Gasteiger partial charge in [-0.25, -0.2) is 4.98 Å². The van der Waals surface area contributed by atoms with Gasteiger partial charge in [0.1, 0.15) is 11.8 Å². The highest BCUT2D eigenvalue weighted by Crippen LogP contribution is 2.45. The number of nitriles is 1. The van der Waals surface area contributed by atoms with Gasteiger partial charge in [-0.1, -0.05) is 24.4 Å². The molecule has 7 nitrogen and oxygen atoms in total. The summed E-state index contributed by atoms with van der Waals surface area (Å²) in [5.74, 6) is 0.812. The molecule has 3 atom stereocenters. The fourth-order valence-corrected chi connectivity index (χ4v) is 6.82. The van der Waals surface area contributed by atoms with Crippen LogP contribution in [0.5, 0.6) is 0 Å². The Hall–Kier alpha value is -2.95. The number of rotatable bonds is 4. The molecule has 1 aromatic heterocycles. The number of likely N-dealkylation sites (tertiary alicyclic amines) is 1. The Kier molecular flexibility index (Phi) is 6.18. The number of fused-ring (bicyclic) bond motifs is 3. The van der Waals surface area contributed by atoms with Gasteiger partial charge in [0.05, 0.1) is 33.7 Å². The number of amides is 1. The molecule has 2 aromatic rings. The average Bonchev–Trinajstić information content (AvgIpc) is 3.63. The Morgan fingerprint density at radius 1 is 1.17 bits per heavy atom. The molecular formula is C28H31ClN6O. The highest BCUT2D eigenvalue weighted by Gasteiger charge is 2.46. The molecule has 6 rings (SSSR count). The lowest BCUT2D eigenvalue weighted by Crippen LogP contribution is -2.41. The Morgan fingerprint density at radius 2 is 2.00 bits per heavy atom. The molecule has 186 valence electrons. The highest BCUT2D eigenvalue weighted by atomic mass is 35.5. The zero-order valence-electron chi connectivity index (χ0n) is 20.6. The average molecular weight is 503 g/mol. The first-order valence-electron chi connectivity index (χ1n) is 13.1. The van der Waals surface area contributed by atoms with Crippen molar-refractivity contribution in [3.8, 4) is 6.07 Å². The molecule has 3 heterocycles. The zero-order valence-corrected chi connectivity index (χ0v) is 21.3. The number of halogens is 1. The van der Waals surface area contributed by atoms with Gasteiger partial charge in [0.2, 0.25) is 0 Å². The molecule has 2 unspecified atom stereocenters. The summed E-state index contributed by atoms with van der Waals surface area (Å²) in [6, 6.07) is 12.1. The first-order chi connectivity index (χ1) is 17.5. The van der Waals surface area contributed by atoms with E-state index in [2.05, 4.69) is 28.3 Å². The van der Waals surface area contributed by atoms with E-state index in [1.165, 1.54) is 25.7 Å². The van der Waals surface area contributed by atoms with Crippen molar-refractivity contribution < 1.29 is 4.79 Å². The van der Waals surface area contributed by atoms with Crippen molar-refractivity contribution in [3.05, 3.63) is 57.9 Å². The van der Waals surface area contributed by atoms with E-state index in [1.54, 1.807) is 6.07 Å². The van der Waals surface area contributed by atoms with Crippen LogP contribution in [0.1, 0.15) is 65.8 Å². The van der Waals surface area contributed by atoms with Crippen LogP contribution in [0.25, 0.3) is 0 Å². The third-order valence-electron chi connectivity index (χ3n) is 8.38. The number of benzene rings is 1. The van der Waals surface area contributed by atoms with Gasteiger partial charge >= 0.3 is 0 Å². The number of hydrogen-bond acceptors (Lipinski definition) is 6. The van der Waals surface area contributed by atoms with E-state index in [9.17, 15) is 10.1 Å². The molecule has 1 N–H and O–H groups in total. The van der Waals surface area contributed by atoms with Crippen LogP contribution < -0.4 is 10.3 Å². The summed E-state index contributed by atoms with van der Waals surface area (Å²) in [5.41, 5.74) is 5.00. The highest BCUT2D eigenvalue weighted by molar-refractivity contribution is 6.32. The first kappa shape index (κ1) is 23.4. The lowest BCUT2D eigenvalue weighted by atomic mass is 9.76. The summed E-state index contributed by atoms with van der Waals surface area (Å²) < 4.78 is 0. The number of aromatic nitrogens is 1. The molecule has 36 heavy (non-hydrogen) atoms. The summed E-state index contributed by atoms with van der Waals surface area (Å²) >= 11 is 6.42. The van der Waals surface area contributed by atoms with Gasteiger partial charge in [0, 0.05) is 24.1 Å². The van der Waals surface area contributed by atoms with Crippen molar-refractivity contribution in [1.82, 2.24) is 15.2 Å². The van der Waals surface area contributed by atoms with Crippen molar-refractivity contribution in [2.24, 2.45) is 16.9 Å². The predicted molar refractivity (Wildman–Crippen MR) is 140 cm³/mol. The number of carbonyl (C=O) groups is 1. The summed E-state index contributed by atoms with van der Waals surface area (Å²) in [6.45, 7) is 1.89. The van der Waals surface area contributed by atoms with E-state index in [1.807, 2.05) is 24.3 Å². The molecule has 0 bridgehead atoms. The quantitative estimate of drug-likeness (QED) is 0.670. The summed E-state index contributed by atoms with van der Waals surface area (Å²) in [7, 11) is 2.08. The molecular weight excluding hydrogens is 472 g/mol. The third kappa shape index (κ3) is 4.16. The van der Waals surface area contributed by atoms with E-state index in [0.29, 0.717) is 28.1 Å². The van der Waals surface area contributed by atoms with Crippen molar-refractivity contribution in [2.45, 2.75) is 57.0 Å². The van der Waals surface area contributed by atoms with Gasteiger partial charge in [-0.05, 0) is 81.9 Å². The number of hydrazone groups is 1. The van der Waals surface area contributed by atoms with Crippen molar-refractivity contribution in [2.75, 3.05) is 25.1 Å². The maximum atomic E-state index is 12.9. The lowest BCUT2D eigenvalue weighted by molar-refractivity contribution is 0.0933. The molecule has 8 heteroatoms. The van der Waals surface area contributed by atoms with Crippen LogP contribution in [0, 0.1) is 23.2 Å². The molecule has 4 aliphatic rings. The van der Waals surface area contributed by atoms with Crippen LogP contribution in [-0.2, 0) is 6.42 Å². The van der Waals surface area contributed by atoms with Crippen LogP contribution in [-0.4, -0.2) is 53.7 Å². The molecule has 1 saturated heterocycles. The van der Waals surface area contributed by atoms with Crippen LogP contribution in [0.2, 0.25) is 5.02 Å². The van der Waals surface area contributed by atoms with Crippen molar-refractivity contribution in [3.63, 3.8) is 0 Å². The Labute approximate surface area is 217 Å². The molecule has 1 aromatic carbocycles. The largest absolute Gasteiger partial charge is 0.347 e. The second-order valence-corrected chi connectivity index (χ2v) is 11.1. The zero-order chi connectivity index (χ0) is 24.8. The standard InChI is InChI=1S/C28H31ClN6O/c1-34-13-12-19(16-34)31-28(36)25-11-8-21-24(32-25)10-9-22-26(21)33-35(27(22)17-4-2-3-5-17)20-7-6-18(15-30)23(29)14-20/h6-8,11,14,17,19,22,27H,2-5,9-10,12-13,16H2,1H3,(H,31,36)/t19-,22?,27?/m1/s1. The maximum absolute atomic E-state index is 12.9. The molecule has 1 amide bonds. The minimum absolute atomic E-state index is 0.0914. The van der Waals surface area contributed by atoms with E-state index >= 15 is 0 Å². The number of hydrogen-bond donors (Lipinski definition) is 1. The number of carbonyl (C=O) groups excluding carboxylic acids is 1. The monoisotopic (exact) mass is 502 g/mol. The Morgan fingerprint density at radius 3 is 2.72 bits per heavy atom. The molecule has 2 aliphatic carbocycles. The van der Waals surface area contributed by atoms with Crippen LogP contribution in [0.3, 0.4) is 0 Å². The van der Waals surface area contributed by atoms with Gasteiger partial charge < -0.3 is 10.2 Å². The predicted octanol–water partition coefficient (Wildman–Crippen LogP) is 4.39. The molecule has 0 radical (unpaired) electrons. The van der Waals surface area contributed by atoms with E-state index in [0.717, 1.165) is 55.0 Å². The second kappa shape index (κ2) is 9.49. The molecule has 0 spiro atoms. The summed E-state index contributed by atoms with van der Waals surface area (Å²) in [6.07, 6.45) is 7.74. The molecule has 1 saturated carbocycles. The van der Waals surface area contributed by atoms with Crippen molar-refractivity contribution >= 4 is 28.9 Å². The number of aryl methyl sites for hydroxylation is 1. The fraction of sp³-hybridized carbons (Fsp3) is 0.500. The van der Waals surface area contributed by atoms with Crippen LogP contribution >= 0.6 is 11.6 Å². The third-order valence-corrected chi connectivity index (χ3v) is 8.70.